The van der Waals surface area contributed by atoms with Crippen LogP contribution in [-0.4, -0.2) is 31.4 Å². The second kappa shape index (κ2) is 8.15. The maximum Gasteiger partial charge on any atom is 0.290 e. The third-order valence-corrected chi connectivity index (χ3v) is 6.20. The topological polar surface area (TPSA) is 138 Å². The van der Waals surface area contributed by atoms with Gasteiger partial charge in [0.15, 0.2) is 5.37 Å². The van der Waals surface area contributed by atoms with Crippen LogP contribution in [-0.2, 0) is 20.1 Å². The van der Waals surface area contributed by atoms with Crippen LogP contribution in [0.1, 0.15) is 16.5 Å². The number of aromatic nitrogens is 2. The molecule has 3 rings (SSSR count). The van der Waals surface area contributed by atoms with Gasteiger partial charge < -0.3 is 5.32 Å². The maximum absolute atomic E-state index is 12.5. The van der Waals surface area contributed by atoms with Gasteiger partial charge in [-0.3, -0.25) is 4.55 Å². The van der Waals surface area contributed by atoms with Crippen molar-refractivity contribution in [3.63, 3.8) is 0 Å². The van der Waals surface area contributed by atoms with Crippen molar-refractivity contribution < 1.29 is 21.4 Å². The first-order valence-corrected chi connectivity index (χ1v) is 11.3. The molecule has 3 aromatic rings. The van der Waals surface area contributed by atoms with E-state index in [2.05, 4.69) is 20.0 Å². The minimum Gasteiger partial charge on any atom is -0.363 e. The lowest BCUT2D eigenvalue weighted by Crippen LogP contribution is -2.20. The molecule has 0 fully saturated rings. The fraction of sp³-hybridized carbons (Fsp3) is 0.111. The van der Waals surface area contributed by atoms with Gasteiger partial charge in [0.05, 0.1) is 4.90 Å². The van der Waals surface area contributed by atoms with E-state index >= 15 is 0 Å². The molecule has 0 radical (unpaired) electrons. The van der Waals surface area contributed by atoms with Crippen molar-refractivity contribution in [2.75, 3.05) is 10.0 Å². The second-order valence-corrected chi connectivity index (χ2v) is 9.35. The van der Waals surface area contributed by atoms with Gasteiger partial charge in [0.2, 0.25) is 5.95 Å². The molecule has 2 aromatic carbocycles. The molecule has 11 heteroatoms. The number of nitrogens with zero attached hydrogens (tertiary/aromatic N) is 2. The average molecular weight is 434 g/mol. The predicted molar refractivity (Wildman–Crippen MR) is 108 cm³/mol. The predicted octanol–water partition coefficient (Wildman–Crippen LogP) is 2.58. The summed E-state index contributed by atoms with van der Waals surface area (Å²) in [6.07, 6.45) is 2.97. The Hall–Kier alpha value is -3.02. The summed E-state index contributed by atoms with van der Waals surface area (Å²) in [4.78, 5) is 7.74. The molecule has 9 nitrogen and oxygen atoms in total. The van der Waals surface area contributed by atoms with E-state index in [4.69, 9.17) is 0 Å². The van der Waals surface area contributed by atoms with Crippen LogP contribution in [0.15, 0.2) is 71.9 Å². The number of anilines is 2. The van der Waals surface area contributed by atoms with E-state index in [0.717, 1.165) is 5.56 Å². The lowest BCUT2D eigenvalue weighted by atomic mass is 10.2. The van der Waals surface area contributed by atoms with E-state index in [-0.39, 0.29) is 10.8 Å². The van der Waals surface area contributed by atoms with E-state index in [1.165, 1.54) is 36.7 Å². The molecule has 0 aliphatic heterocycles. The summed E-state index contributed by atoms with van der Waals surface area (Å²) < 4.78 is 60.2. The highest BCUT2D eigenvalue weighted by Gasteiger charge is 2.25. The van der Waals surface area contributed by atoms with Gasteiger partial charge in [-0.1, -0.05) is 30.3 Å². The number of aryl methyl sites for hydroxylation is 1. The highest BCUT2D eigenvalue weighted by atomic mass is 32.2. The summed E-state index contributed by atoms with van der Waals surface area (Å²) in [6, 6.07) is 13.5. The van der Waals surface area contributed by atoms with Gasteiger partial charge in [0.1, 0.15) is 0 Å². The summed E-state index contributed by atoms with van der Waals surface area (Å²) >= 11 is 0. The summed E-state index contributed by atoms with van der Waals surface area (Å²) in [6.45, 7) is 1.78. The smallest absolute Gasteiger partial charge is 0.290 e. The Morgan fingerprint density at radius 1 is 0.897 bits per heavy atom. The number of hydrogen-bond donors (Lipinski definition) is 3. The van der Waals surface area contributed by atoms with E-state index in [9.17, 15) is 21.4 Å². The van der Waals surface area contributed by atoms with Gasteiger partial charge in [-0.05, 0) is 42.3 Å². The van der Waals surface area contributed by atoms with Crippen molar-refractivity contribution in [3.05, 3.63) is 78.1 Å². The van der Waals surface area contributed by atoms with Crippen LogP contribution in [0.4, 0.5) is 11.6 Å². The van der Waals surface area contributed by atoms with E-state index < -0.39 is 25.5 Å². The largest absolute Gasteiger partial charge is 0.363 e. The zero-order chi connectivity index (χ0) is 21.1. The van der Waals surface area contributed by atoms with Gasteiger partial charge in [-0.25, -0.2) is 23.1 Å². The van der Waals surface area contributed by atoms with Gasteiger partial charge in [0.25, 0.3) is 20.1 Å². The molecule has 3 N–H and O–H groups in total. The molecular weight excluding hydrogens is 416 g/mol. The van der Waals surface area contributed by atoms with Crippen LogP contribution in [0.2, 0.25) is 0 Å². The number of sulfonamides is 1. The van der Waals surface area contributed by atoms with Gasteiger partial charge in [-0.15, -0.1) is 0 Å². The molecular formula is C18H18N4O5S2. The van der Waals surface area contributed by atoms with Crippen LogP contribution in [0.3, 0.4) is 0 Å². The maximum atomic E-state index is 12.5. The van der Waals surface area contributed by atoms with Gasteiger partial charge in [0, 0.05) is 18.1 Å². The van der Waals surface area contributed by atoms with Crippen LogP contribution in [0.5, 0.6) is 0 Å². The monoisotopic (exact) mass is 434 g/mol. The molecule has 0 bridgehead atoms. The van der Waals surface area contributed by atoms with Crippen molar-refractivity contribution in [3.8, 4) is 0 Å². The quantitative estimate of drug-likeness (QED) is 0.482. The summed E-state index contributed by atoms with van der Waals surface area (Å²) in [5.74, 6) is -0.0617. The molecule has 0 aliphatic rings. The van der Waals surface area contributed by atoms with Crippen molar-refractivity contribution in [2.45, 2.75) is 17.2 Å². The molecule has 0 saturated heterocycles. The summed E-state index contributed by atoms with van der Waals surface area (Å²) in [7, 11) is -8.38. The lowest BCUT2D eigenvalue weighted by molar-refractivity contribution is 0.473. The third-order valence-electron chi connectivity index (χ3n) is 3.87. The highest BCUT2D eigenvalue weighted by Crippen LogP contribution is 2.25. The fourth-order valence-electron chi connectivity index (χ4n) is 2.46. The molecule has 0 amide bonds. The Morgan fingerprint density at radius 2 is 1.48 bits per heavy atom. The minimum absolute atomic E-state index is 0.0599. The van der Waals surface area contributed by atoms with Crippen LogP contribution in [0.25, 0.3) is 0 Å². The van der Waals surface area contributed by atoms with Gasteiger partial charge in [-0.2, -0.15) is 8.42 Å². The molecule has 1 aromatic heterocycles. The molecule has 0 saturated carbocycles. The van der Waals surface area contributed by atoms with E-state index in [1.54, 1.807) is 37.3 Å². The molecule has 0 spiro atoms. The fourth-order valence-corrected chi connectivity index (χ4v) is 4.21. The van der Waals surface area contributed by atoms with Crippen molar-refractivity contribution >= 4 is 31.8 Å². The number of hydrogen-bond acceptors (Lipinski definition) is 7. The zero-order valence-corrected chi connectivity index (χ0v) is 16.9. The third kappa shape index (κ3) is 5.28. The first kappa shape index (κ1) is 20.7. The van der Waals surface area contributed by atoms with Crippen molar-refractivity contribution in [1.29, 1.82) is 0 Å². The standard InChI is InChI=1S/C18H18N4O5S2/c1-13-11-19-18(20-12-13)22-28(23,24)16-9-7-15(8-10-16)21-17(29(25,26)27)14-5-3-2-4-6-14/h2-12,17,21H,1H3,(H,19,20,22)(H,25,26,27). The van der Waals surface area contributed by atoms with Crippen molar-refractivity contribution in [1.82, 2.24) is 9.97 Å². The number of rotatable bonds is 7. The Labute approximate surface area is 168 Å². The molecule has 1 heterocycles. The Bertz CT molecular complexity index is 1180. The first-order valence-electron chi connectivity index (χ1n) is 8.34. The second-order valence-electron chi connectivity index (χ2n) is 6.16. The average Bonchev–Trinajstić information content (AvgIpc) is 2.68. The Morgan fingerprint density at radius 3 is 2.03 bits per heavy atom. The molecule has 0 aliphatic carbocycles. The lowest BCUT2D eigenvalue weighted by Gasteiger charge is -2.17. The van der Waals surface area contributed by atoms with Crippen molar-refractivity contribution in [2.24, 2.45) is 0 Å². The van der Waals surface area contributed by atoms with Crippen LogP contribution < -0.4 is 10.0 Å². The normalized spacial score (nSPS) is 12.9. The number of benzene rings is 2. The molecule has 1 atom stereocenters. The first-order chi connectivity index (χ1) is 13.6. The highest BCUT2D eigenvalue weighted by molar-refractivity contribution is 7.92. The number of nitrogens with one attached hydrogen (secondary N) is 2. The van der Waals surface area contributed by atoms with Crippen LogP contribution in [0, 0.1) is 6.92 Å². The molecule has 152 valence electrons. The summed E-state index contributed by atoms with van der Waals surface area (Å²) in [5, 5.41) is 1.29. The van der Waals surface area contributed by atoms with Crippen LogP contribution >= 0.6 is 0 Å². The Balaban J connectivity index is 1.81. The molecule has 29 heavy (non-hydrogen) atoms. The van der Waals surface area contributed by atoms with E-state index in [0.29, 0.717) is 11.3 Å². The summed E-state index contributed by atoms with van der Waals surface area (Å²) in [5.41, 5.74) is 1.43. The Kier molecular flexibility index (Phi) is 5.82. The van der Waals surface area contributed by atoms with Gasteiger partial charge >= 0.3 is 0 Å². The molecule has 1 unspecified atom stereocenters. The SMILES string of the molecule is Cc1cnc(NS(=O)(=O)c2ccc(NC(c3ccccc3)S(=O)(=O)O)cc2)nc1. The van der Waals surface area contributed by atoms with E-state index in [1.807, 2.05) is 0 Å². The zero-order valence-electron chi connectivity index (χ0n) is 15.2. The minimum atomic E-state index is -4.46.